The molecule has 0 fully saturated rings. The summed E-state index contributed by atoms with van der Waals surface area (Å²) in [5.74, 6) is -2.66. The van der Waals surface area contributed by atoms with Gasteiger partial charge in [0.1, 0.15) is 11.3 Å². The first kappa shape index (κ1) is 14.4. The molecule has 3 N–H and O–H groups in total. The lowest BCUT2D eigenvalue weighted by atomic mass is 10.1. The Hall–Kier alpha value is -1.71. The van der Waals surface area contributed by atoms with Crippen molar-refractivity contribution in [2.24, 2.45) is 5.73 Å². The van der Waals surface area contributed by atoms with Crippen LogP contribution in [0, 0.1) is 0 Å². The van der Waals surface area contributed by atoms with Crippen LogP contribution < -0.4 is 10.5 Å². The number of halogens is 6. The third-order valence-electron chi connectivity index (χ3n) is 1.82. The molecule has 0 saturated carbocycles. The van der Waals surface area contributed by atoms with E-state index >= 15 is 0 Å². The highest BCUT2D eigenvalue weighted by atomic mass is 19.4. The summed E-state index contributed by atoms with van der Waals surface area (Å²) in [6.07, 6.45) is -10.1. The molecule has 0 atom stereocenters. The van der Waals surface area contributed by atoms with Crippen LogP contribution in [0.5, 0.6) is 11.6 Å². The van der Waals surface area contributed by atoms with Crippen molar-refractivity contribution in [2.45, 2.75) is 19.1 Å². The predicted octanol–water partition coefficient (Wildman–Crippen LogP) is 2.16. The van der Waals surface area contributed by atoms with Crippen molar-refractivity contribution in [3.05, 3.63) is 17.3 Å². The molecular formula is C8H6F6N2O2. The summed E-state index contributed by atoms with van der Waals surface area (Å²) in [6.45, 7) is -0.929. The predicted molar refractivity (Wildman–Crippen MR) is 45.5 cm³/mol. The van der Waals surface area contributed by atoms with E-state index in [0.717, 1.165) is 0 Å². The molecule has 1 heterocycles. The minimum absolute atomic E-state index is 0.211. The Bertz CT molecular complexity index is 442. The molecule has 0 spiro atoms. The Morgan fingerprint density at radius 2 is 1.78 bits per heavy atom. The summed E-state index contributed by atoms with van der Waals surface area (Å²) in [5, 5.41) is 9.01. The van der Waals surface area contributed by atoms with Gasteiger partial charge in [-0.2, -0.15) is 13.2 Å². The Morgan fingerprint density at radius 3 is 2.17 bits per heavy atom. The van der Waals surface area contributed by atoms with E-state index in [2.05, 4.69) is 9.72 Å². The zero-order valence-corrected chi connectivity index (χ0v) is 8.43. The van der Waals surface area contributed by atoms with Crippen LogP contribution in [-0.4, -0.2) is 16.5 Å². The van der Waals surface area contributed by atoms with Crippen molar-refractivity contribution in [1.82, 2.24) is 4.98 Å². The lowest BCUT2D eigenvalue weighted by Gasteiger charge is -2.17. The summed E-state index contributed by atoms with van der Waals surface area (Å²) >= 11 is 0. The summed E-state index contributed by atoms with van der Waals surface area (Å²) in [6, 6.07) is 0. The summed E-state index contributed by atoms with van der Waals surface area (Å²) in [4.78, 5) is 2.94. The van der Waals surface area contributed by atoms with Gasteiger partial charge in [-0.1, -0.05) is 0 Å². The van der Waals surface area contributed by atoms with Crippen LogP contribution in [0.3, 0.4) is 0 Å². The maximum absolute atomic E-state index is 12.5. The fourth-order valence-electron chi connectivity index (χ4n) is 1.23. The average Bonchev–Trinajstić information content (AvgIpc) is 2.16. The molecule has 0 radical (unpaired) electrons. The van der Waals surface area contributed by atoms with E-state index in [0.29, 0.717) is 0 Å². The smallest absolute Gasteiger partial charge is 0.506 e. The second kappa shape index (κ2) is 4.52. The van der Waals surface area contributed by atoms with E-state index in [1.807, 2.05) is 0 Å². The molecule has 4 nitrogen and oxygen atoms in total. The molecule has 0 saturated heterocycles. The summed E-state index contributed by atoms with van der Waals surface area (Å²) in [7, 11) is 0. The van der Waals surface area contributed by atoms with E-state index in [1.54, 1.807) is 0 Å². The van der Waals surface area contributed by atoms with Gasteiger partial charge in [-0.15, -0.1) is 13.2 Å². The zero-order chi connectivity index (χ0) is 14.1. The van der Waals surface area contributed by atoms with Crippen LogP contribution >= 0.6 is 0 Å². The molecule has 0 aliphatic carbocycles. The molecule has 1 aromatic heterocycles. The fourth-order valence-corrected chi connectivity index (χ4v) is 1.23. The number of ether oxygens (including phenoxy) is 1. The van der Waals surface area contributed by atoms with Gasteiger partial charge in [-0.3, -0.25) is 0 Å². The van der Waals surface area contributed by atoms with Gasteiger partial charge in [0.2, 0.25) is 5.88 Å². The number of hydrogen-bond acceptors (Lipinski definition) is 4. The lowest BCUT2D eigenvalue weighted by Crippen LogP contribution is -2.22. The van der Waals surface area contributed by atoms with E-state index in [9.17, 15) is 26.3 Å². The van der Waals surface area contributed by atoms with Crippen molar-refractivity contribution in [2.75, 3.05) is 0 Å². The zero-order valence-electron chi connectivity index (χ0n) is 8.43. The minimum Gasteiger partial charge on any atom is -0.506 e. The summed E-state index contributed by atoms with van der Waals surface area (Å²) < 4.78 is 76.7. The monoisotopic (exact) mass is 276 g/mol. The quantitative estimate of drug-likeness (QED) is 0.812. The highest BCUT2D eigenvalue weighted by Crippen LogP contribution is 2.41. The van der Waals surface area contributed by atoms with Gasteiger partial charge in [0.15, 0.2) is 0 Å². The normalized spacial score (nSPS) is 12.6. The molecular weight excluding hydrogens is 270 g/mol. The molecule has 1 rings (SSSR count). The SMILES string of the molecule is NCc1c(OC(F)(F)F)ncc(O)c1C(F)(F)F. The molecule has 0 bridgehead atoms. The highest BCUT2D eigenvalue weighted by molar-refractivity contribution is 5.45. The number of aromatic nitrogens is 1. The van der Waals surface area contributed by atoms with E-state index < -0.39 is 41.8 Å². The van der Waals surface area contributed by atoms with Crippen molar-refractivity contribution in [3.8, 4) is 11.6 Å². The van der Waals surface area contributed by atoms with Gasteiger partial charge in [-0.05, 0) is 0 Å². The molecule has 0 amide bonds. The number of nitrogens with zero attached hydrogens (tertiary/aromatic N) is 1. The molecule has 102 valence electrons. The number of rotatable bonds is 2. The van der Waals surface area contributed by atoms with Crippen LogP contribution in [0.1, 0.15) is 11.1 Å². The minimum atomic E-state index is -5.21. The van der Waals surface area contributed by atoms with Crippen LogP contribution in [-0.2, 0) is 12.7 Å². The van der Waals surface area contributed by atoms with E-state index in [1.165, 1.54) is 0 Å². The highest BCUT2D eigenvalue weighted by Gasteiger charge is 2.40. The number of alkyl halides is 6. The summed E-state index contributed by atoms with van der Waals surface area (Å²) in [5.41, 5.74) is 2.17. The van der Waals surface area contributed by atoms with Crippen molar-refractivity contribution in [3.63, 3.8) is 0 Å². The molecule has 0 aliphatic heterocycles. The van der Waals surface area contributed by atoms with Gasteiger partial charge < -0.3 is 15.6 Å². The van der Waals surface area contributed by atoms with Gasteiger partial charge in [0, 0.05) is 12.1 Å². The Labute approximate surface area is 96.0 Å². The van der Waals surface area contributed by atoms with Crippen LogP contribution in [0.2, 0.25) is 0 Å². The Morgan fingerprint density at radius 1 is 1.22 bits per heavy atom. The second-order valence-corrected chi connectivity index (χ2v) is 3.05. The Kier molecular flexibility index (Phi) is 3.60. The van der Waals surface area contributed by atoms with Crippen LogP contribution in [0.4, 0.5) is 26.3 Å². The first-order chi connectivity index (χ1) is 8.06. The topological polar surface area (TPSA) is 68.4 Å². The van der Waals surface area contributed by atoms with E-state index in [-0.39, 0.29) is 6.20 Å². The molecule has 18 heavy (non-hydrogen) atoms. The first-order valence-electron chi connectivity index (χ1n) is 4.30. The third-order valence-corrected chi connectivity index (χ3v) is 1.82. The number of nitrogens with two attached hydrogens (primary N) is 1. The standard InChI is InChI=1S/C8H6F6N2O2/c9-7(10,11)5-3(1-15)6(16-2-4(5)17)18-8(12,13)14/h2,17H,1,15H2. The van der Waals surface area contributed by atoms with E-state index in [4.69, 9.17) is 10.8 Å². The van der Waals surface area contributed by atoms with Gasteiger partial charge >= 0.3 is 12.5 Å². The van der Waals surface area contributed by atoms with Crippen LogP contribution in [0.15, 0.2) is 6.20 Å². The van der Waals surface area contributed by atoms with Crippen molar-refractivity contribution in [1.29, 1.82) is 0 Å². The largest absolute Gasteiger partial charge is 0.574 e. The molecule has 0 aliphatic rings. The third kappa shape index (κ3) is 3.15. The number of aromatic hydroxyl groups is 1. The first-order valence-corrected chi connectivity index (χ1v) is 4.30. The van der Waals surface area contributed by atoms with Gasteiger partial charge in [0.05, 0.1) is 6.20 Å². The molecule has 0 aromatic carbocycles. The fraction of sp³-hybridized carbons (Fsp3) is 0.375. The van der Waals surface area contributed by atoms with Gasteiger partial charge in [-0.25, -0.2) is 4.98 Å². The molecule has 1 aromatic rings. The molecule has 10 heteroatoms. The average molecular weight is 276 g/mol. The maximum Gasteiger partial charge on any atom is 0.574 e. The molecule has 0 unspecified atom stereocenters. The second-order valence-electron chi connectivity index (χ2n) is 3.05. The van der Waals surface area contributed by atoms with Crippen molar-refractivity contribution >= 4 is 0 Å². The van der Waals surface area contributed by atoms with Gasteiger partial charge in [0.25, 0.3) is 0 Å². The number of hydrogen-bond donors (Lipinski definition) is 2. The number of pyridine rings is 1. The Balaban J connectivity index is 3.39. The maximum atomic E-state index is 12.5. The van der Waals surface area contributed by atoms with Crippen molar-refractivity contribution < 1.29 is 36.2 Å². The van der Waals surface area contributed by atoms with Crippen LogP contribution in [0.25, 0.3) is 0 Å². The lowest BCUT2D eigenvalue weighted by molar-refractivity contribution is -0.276.